The average Bonchev–Trinajstić information content (AvgIpc) is 2.43. The molecule has 1 rings (SSSR count). The fourth-order valence-electron chi connectivity index (χ4n) is 2.80. The molecular formula is C16H14F6NS2-. The molecule has 0 N–H and O–H groups in total. The lowest BCUT2D eigenvalue weighted by atomic mass is 9.73. The van der Waals surface area contributed by atoms with Crippen LogP contribution in [-0.4, -0.2) is 4.20 Å². The first-order valence-electron chi connectivity index (χ1n) is 7.09. The molecule has 0 spiro atoms. The molecule has 0 heterocycles. The van der Waals surface area contributed by atoms with E-state index >= 15 is 0 Å². The summed E-state index contributed by atoms with van der Waals surface area (Å²) in [5.74, 6) is -0.181. The van der Waals surface area contributed by atoms with Gasteiger partial charge in [-0.3, -0.25) is 0 Å². The van der Waals surface area contributed by atoms with Crippen molar-refractivity contribution in [2.75, 3.05) is 0 Å². The van der Waals surface area contributed by atoms with Gasteiger partial charge in [0.15, 0.2) is 0 Å². The van der Waals surface area contributed by atoms with Crippen molar-refractivity contribution >= 4 is 29.0 Å². The van der Waals surface area contributed by atoms with Crippen molar-refractivity contribution in [2.45, 2.75) is 45.0 Å². The molecule has 0 bridgehead atoms. The number of hydrogen-bond acceptors (Lipinski definition) is 3. The van der Waals surface area contributed by atoms with Crippen LogP contribution in [0.3, 0.4) is 0 Å². The molecule has 1 aromatic carbocycles. The summed E-state index contributed by atoms with van der Waals surface area (Å²) in [4.78, 5) is 0. The maximum Gasteiger partial charge on any atom is 0.416 e. The molecule has 0 fully saturated rings. The van der Waals surface area contributed by atoms with Gasteiger partial charge in [-0.2, -0.15) is 31.6 Å². The van der Waals surface area contributed by atoms with Crippen LogP contribution < -0.4 is 0 Å². The van der Waals surface area contributed by atoms with Gasteiger partial charge in [-0.25, -0.2) is 0 Å². The number of hydrogen-bond donors (Lipinski definition) is 0. The van der Waals surface area contributed by atoms with E-state index < -0.39 is 44.2 Å². The van der Waals surface area contributed by atoms with Crippen LogP contribution in [0.25, 0.3) is 0 Å². The first-order chi connectivity index (χ1) is 11.1. The van der Waals surface area contributed by atoms with Crippen LogP contribution in [-0.2, 0) is 30.4 Å². The zero-order chi connectivity index (χ0) is 19.8. The predicted octanol–water partition coefficient (Wildman–Crippen LogP) is 5.77. The molecular weight excluding hydrogens is 384 g/mol. The SMILES string of the molecule is CC(C)CC(C)(C#N)c1c(C(=S)[S-])cc(C(F)(F)F)cc1C(F)(F)F. The molecule has 0 saturated carbocycles. The van der Waals surface area contributed by atoms with Gasteiger partial charge in [-0.1, -0.05) is 13.8 Å². The van der Waals surface area contributed by atoms with Gasteiger partial charge in [0.2, 0.25) is 0 Å². The zero-order valence-electron chi connectivity index (χ0n) is 13.5. The summed E-state index contributed by atoms with van der Waals surface area (Å²) in [5, 5.41) is 9.50. The van der Waals surface area contributed by atoms with Gasteiger partial charge in [0.1, 0.15) is 0 Å². The highest BCUT2D eigenvalue weighted by Crippen LogP contribution is 2.45. The van der Waals surface area contributed by atoms with E-state index in [1.165, 1.54) is 6.92 Å². The summed E-state index contributed by atoms with van der Waals surface area (Å²) >= 11 is 9.43. The summed E-state index contributed by atoms with van der Waals surface area (Å²) in [6.07, 6.45) is -10.1. The summed E-state index contributed by atoms with van der Waals surface area (Å²) in [7, 11) is 0. The van der Waals surface area contributed by atoms with E-state index in [2.05, 4.69) is 0 Å². The Bertz CT molecular complexity index is 715. The fraction of sp³-hybridized carbons (Fsp3) is 0.500. The Morgan fingerprint density at radius 1 is 1.16 bits per heavy atom. The molecule has 1 unspecified atom stereocenters. The van der Waals surface area contributed by atoms with E-state index in [-0.39, 0.29) is 18.4 Å². The van der Waals surface area contributed by atoms with Crippen LogP contribution in [0.2, 0.25) is 0 Å². The number of rotatable bonds is 4. The third-order valence-electron chi connectivity index (χ3n) is 3.61. The molecule has 0 aliphatic carbocycles. The van der Waals surface area contributed by atoms with E-state index in [0.29, 0.717) is 6.07 Å². The normalized spacial score (nSPS) is 14.9. The van der Waals surface area contributed by atoms with Gasteiger partial charge in [-0.15, -0.1) is 4.20 Å². The smallest absolute Gasteiger partial charge is 0.416 e. The largest absolute Gasteiger partial charge is 0.428 e. The Hall–Kier alpha value is -1.40. The average molecular weight is 398 g/mol. The molecule has 1 nitrogen and oxygen atoms in total. The molecule has 1 atom stereocenters. The highest BCUT2D eigenvalue weighted by atomic mass is 32.1. The lowest BCUT2D eigenvalue weighted by Gasteiger charge is -2.32. The van der Waals surface area contributed by atoms with Crippen molar-refractivity contribution in [3.63, 3.8) is 0 Å². The van der Waals surface area contributed by atoms with Crippen molar-refractivity contribution in [1.82, 2.24) is 0 Å². The highest BCUT2D eigenvalue weighted by Gasteiger charge is 2.44. The van der Waals surface area contributed by atoms with Crippen molar-refractivity contribution in [1.29, 1.82) is 5.26 Å². The second kappa shape index (κ2) is 7.08. The first-order valence-corrected chi connectivity index (χ1v) is 7.90. The van der Waals surface area contributed by atoms with Crippen molar-refractivity contribution in [2.24, 2.45) is 5.92 Å². The number of nitriles is 1. The Kier molecular flexibility index (Phi) is 6.13. The monoisotopic (exact) mass is 398 g/mol. The highest BCUT2D eigenvalue weighted by molar-refractivity contribution is 8.01. The molecule has 25 heavy (non-hydrogen) atoms. The minimum absolute atomic E-state index is 0.00287. The van der Waals surface area contributed by atoms with Gasteiger partial charge in [0.25, 0.3) is 0 Å². The number of alkyl halides is 6. The summed E-state index contributed by atoms with van der Waals surface area (Å²) < 4.78 is 79.0. The Morgan fingerprint density at radius 3 is 2.00 bits per heavy atom. The standard InChI is InChI=1S/C16H15F6NS2/c1-8(2)6-14(3,7-23)12-10(13(24)25)4-9(15(17,18)19)5-11(12)16(20,21)22/h4-5,8H,6H2,1-3H3,(H,24,25)/p-1. The van der Waals surface area contributed by atoms with Crippen LogP contribution in [0.4, 0.5) is 26.3 Å². The summed E-state index contributed by atoms with van der Waals surface area (Å²) in [6.45, 7) is 4.64. The molecule has 0 aliphatic rings. The molecule has 0 saturated heterocycles. The molecule has 138 valence electrons. The van der Waals surface area contributed by atoms with Gasteiger partial charge in [0.05, 0.1) is 22.6 Å². The lowest BCUT2D eigenvalue weighted by molar-refractivity contribution is -0.143. The van der Waals surface area contributed by atoms with Crippen LogP contribution in [0, 0.1) is 17.2 Å². The molecule has 0 amide bonds. The zero-order valence-corrected chi connectivity index (χ0v) is 15.1. The van der Waals surface area contributed by atoms with Crippen LogP contribution in [0.5, 0.6) is 0 Å². The summed E-state index contributed by atoms with van der Waals surface area (Å²) in [5.41, 5.74) is -5.87. The summed E-state index contributed by atoms with van der Waals surface area (Å²) in [6, 6.07) is 2.32. The predicted molar refractivity (Wildman–Crippen MR) is 87.9 cm³/mol. The number of nitrogens with zero attached hydrogens (tertiary/aromatic N) is 1. The maximum absolute atomic E-state index is 13.5. The van der Waals surface area contributed by atoms with Gasteiger partial charge in [0, 0.05) is 0 Å². The Morgan fingerprint density at radius 2 is 1.68 bits per heavy atom. The van der Waals surface area contributed by atoms with E-state index in [0.717, 1.165) is 0 Å². The van der Waals surface area contributed by atoms with Crippen molar-refractivity contribution < 1.29 is 26.3 Å². The Labute approximate surface area is 152 Å². The van der Waals surface area contributed by atoms with Gasteiger partial charge >= 0.3 is 12.4 Å². The molecule has 9 heteroatoms. The van der Waals surface area contributed by atoms with Crippen molar-refractivity contribution in [3.8, 4) is 6.07 Å². The molecule has 0 radical (unpaired) electrons. The molecule has 0 aliphatic heterocycles. The van der Waals surface area contributed by atoms with Crippen molar-refractivity contribution in [3.05, 3.63) is 34.4 Å². The van der Waals surface area contributed by atoms with E-state index in [4.69, 9.17) is 24.8 Å². The lowest BCUT2D eigenvalue weighted by Crippen LogP contribution is -2.30. The van der Waals surface area contributed by atoms with E-state index in [9.17, 15) is 31.6 Å². The van der Waals surface area contributed by atoms with Gasteiger partial charge < -0.3 is 24.8 Å². The Balaban J connectivity index is 3.99. The number of benzene rings is 1. The molecule has 1 aromatic rings. The minimum Gasteiger partial charge on any atom is -0.428 e. The second-order valence-electron chi connectivity index (χ2n) is 6.27. The van der Waals surface area contributed by atoms with Crippen LogP contribution in [0.1, 0.15) is 49.4 Å². The number of halogens is 6. The van der Waals surface area contributed by atoms with Crippen LogP contribution in [0.15, 0.2) is 12.1 Å². The minimum atomic E-state index is -5.10. The second-order valence-corrected chi connectivity index (χ2v) is 7.35. The molecule has 0 aromatic heterocycles. The third kappa shape index (κ3) is 4.82. The first kappa shape index (κ1) is 21.6. The topological polar surface area (TPSA) is 23.8 Å². The maximum atomic E-state index is 13.5. The number of thiocarbonyl (C=S) groups is 1. The van der Waals surface area contributed by atoms with E-state index in [1.807, 2.05) is 0 Å². The fourth-order valence-corrected chi connectivity index (χ4v) is 3.13. The van der Waals surface area contributed by atoms with Crippen LogP contribution >= 0.6 is 12.2 Å². The van der Waals surface area contributed by atoms with Gasteiger partial charge in [-0.05, 0) is 42.5 Å². The third-order valence-corrected chi connectivity index (χ3v) is 4.05. The van der Waals surface area contributed by atoms with E-state index in [1.54, 1.807) is 19.9 Å². The quantitative estimate of drug-likeness (QED) is 0.365.